The molecule has 156 valence electrons. The van der Waals surface area contributed by atoms with Gasteiger partial charge in [-0.25, -0.2) is 5.43 Å². The van der Waals surface area contributed by atoms with Crippen molar-refractivity contribution in [3.8, 4) is 5.75 Å². The molecule has 1 amide bonds. The van der Waals surface area contributed by atoms with Crippen LogP contribution in [0, 0.1) is 0 Å². The van der Waals surface area contributed by atoms with Crippen molar-refractivity contribution < 1.29 is 9.53 Å². The van der Waals surface area contributed by atoms with E-state index >= 15 is 0 Å². The van der Waals surface area contributed by atoms with Gasteiger partial charge in [-0.05, 0) is 61.2 Å². The summed E-state index contributed by atoms with van der Waals surface area (Å²) >= 11 is 7.62. The maximum Gasteiger partial charge on any atom is 0.299 e. The number of hydrazone groups is 1. The molecule has 0 aliphatic carbocycles. The Labute approximate surface area is 185 Å². The van der Waals surface area contributed by atoms with Gasteiger partial charge in [0.1, 0.15) is 11.6 Å². The molecule has 0 saturated heterocycles. The first kappa shape index (κ1) is 20.8. The highest BCUT2D eigenvalue weighted by Crippen LogP contribution is 2.33. The van der Waals surface area contributed by atoms with E-state index in [1.807, 2.05) is 25.1 Å². The number of amides is 1. The summed E-state index contributed by atoms with van der Waals surface area (Å²) < 4.78 is 5.28. The fourth-order valence-corrected chi connectivity index (χ4v) is 4.90. The Morgan fingerprint density at radius 3 is 2.87 bits per heavy atom. The molecule has 0 bridgehead atoms. The van der Waals surface area contributed by atoms with Gasteiger partial charge in [0.25, 0.3) is 5.24 Å². The predicted octanol–water partition coefficient (Wildman–Crippen LogP) is 4.73. The first-order chi connectivity index (χ1) is 14.5. The number of benzene rings is 2. The van der Waals surface area contributed by atoms with Crippen molar-refractivity contribution in [1.82, 2.24) is 5.43 Å². The molecule has 2 aromatic rings. The van der Waals surface area contributed by atoms with Gasteiger partial charge in [0.05, 0.1) is 23.1 Å². The highest BCUT2D eigenvalue weighted by atomic mass is 35.5. The Morgan fingerprint density at radius 1 is 1.33 bits per heavy atom. The number of fused-ring (bicyclic) bond motifs is 1. The van der Waals surface area contributed by atoms with Crippen molar-refractivity contribution >= 4 is 45.8 Å². The van der Waals surface area contributed by atoms with Crippen LogP contribution in [-0.4, -0.2) is 42.7 Å². The van der Waals surface area contributed by atoms with Gasteiger partial charge >= 0.3 is 0 Å². The van der Waals surface area contributed by atoms with Gasteiger partial charge < -0.3 is 9.64 Å². The van der Waals surface area contributed by atoms with Gasteiger partial charge in [-0.2, -0.15) is 5.10 Å². The number of nitrogens with zero attached hydrogens (tertiary/aromatic N) is 3. The fourth-order valence-electron chi connectivity index (χ4n) is 3.93. The number of anilines is 1. The number of halogens is 1. The minimum Gasteiger partial charge on any atom is -0.495 e. The summed E-state index contributed by atoms with van der Waals surface area (Å²) in [4.78, 5) is 18.4. The van der Waals surface area contributed by atoms with Crippen LogP contribution in [0.1, 0.15) is 30.0 Å². The van der Waals surface area contributed by atoms with E-state index in [9.17, 15) is 4.79 Å². The number of methoxy groups -OCH3 is 1. The van der Waals surface area contributed by atoms with Crippen LogP contribution in [0.25, 0.3) is 0 Å². The average Bonchev–Trinajstić information content (AvgIpc) is 2.74. The molecule has 0 radical (unpaired) electrons. The summed E-state index contributed by atoms with van der Waals surface area (Å²) in [5, 5.41) is 4.76. The molecule has 2 aliphatic rings. The second-order valence-corrected chi connectivity index (χ2v) is 8.87. The van der Waals surface area contributed by atoms with E-state index in [1.165, 1.54) is 17.3 Å². The second-order valence-electron chi connectivity index (χ2n) is 7.15. The van der Waals surface area contributed by atoms with Crippen LogP contribution in [0.4, 0.5) is 10.5 Å². The summed E-state index contributed by atoms with van der Waals surface area (Å²) in [6, 6.07) is 12.1. The number of carbonyl (C=O) groups excluding carboxylic acids is 1. The van der Waals surface area contributed by atoms with Crippen LogP contribution < -0.4 is 15.1 Å². The fraction of sp³-hybridized carbons (Fsp3) is 0.318. The Hall–Kier alpha value is -2.51. The van der Waals surface area contributed by atoms with E-state index in [0.717, 1.165) is 47.7 Å². The van der Waals surface area contributed by atoms with E-state index in [0.29, 0.717) is 10.8 Å². The summed E-state index contributed by atoms with van der Waals surface area (Å²) in [6.45, 7) is 2.88. The normalized spacial score (nSPS) is 19.1. The van der Waals surface area contributed by atoms with Crippen LogP contribution in [0.15, 0.2) is 46.5 Å². The van der Waals surface area contributed by atoms with Crippen molar-refractivity contribution in [3.63, 3.8) is 0 Å². The highest BCUT2D eigenvalue weighted by Gasteiger charge is 2.26. The number of nitrogens with one attached hydrogen (secondary N) is 1. The Bertz CT molecular complexity index is 1050. The van der Waals surface area contributed by atoms with E-state index in [4.69, 9.17) is 16.3 Å². The van der Waals surface area contributed by atoms with Crippen molar-refractivity contribution in [3.05, 3.63) is 58.1 Å². The van der Waals surface area contributed by atoms with Gasteiger partial charge in [0, 0.05) is 24.8 Å². The molecular formula is C22H23ClN4O2S. The molecule has 0 spiro atoms. The van der Waals surface area contributed by atoms with Crippen LogP contribution in [0.3, 0.4) is 0 Å². The monoisotopic (exact) mass is 442 g/mol. The molecule has 2 aromatic carbocycles. The standard InChI is InChI=1S/C22H23ClN4O2S/c1-13-20(25-26-22(28)30-13)15-6-8-18-14(11-15)5-4-10-27(18)21(24-2)16-7-9-19(29-3)17(23)12-16/h6-9,11-13H,4-5,10H2,1-3H3,(H,26,28). The van der Waals surface area contributed by atoms with Crippen molar-refractivity contribution in [2.45, 2.75) is 25.0 Å². The molecule has 0 fully saturated rings. The number of rotatable bonds is 3. The summed E-state index contributed by atoms with van der Waals surface area (Å²) in [7, 11) is 3.41. The Morgan fingerprint density at radius 2 is 2.17 bits per heavy atom. The van der Waals surface area contributed by atoms with E-state index < -0.39 is 0 Å². The predicted molar refractivity (Wildman–Crippen MR) is 125 cm³/mol. The second kappa shape index (κ2) is 8.70. The third kappa shape index (κ3) is 3.91. The van der Waals surface area contributed by atoms with Crippen molar-refractivity contribution in [2.75, 3.05) is 25.6 Å². The molecule has 6 nitrogen and oxygen atoms in total. The molecule has 2 aliphatic heterocycles. The largest absolute Gasteiger partial charge is 0.495 e. The number of hydrogen-bond donors (Lipinski definition) is 1. The first-order valence-electron chi connectivity index (χ1n) is 9.77. The molecule has 8 heteroatoms. The zero-order valence-electron chi connectivity index (χ0n) is 17.1. The molecule has 0 saturated carbocycles. The Kier molecular flexibility index (Phi) is 6.01. The molecule has 1 N–H and O–H groups in total. The van der Waals surface area contributed by atoms with Crippen LogP contribution in [0.2, 0.25) is 5.02 Å². The number of aliphatic imine (C=N–C) groups is 1. The van der Waals surface area contributed by atoms with E-state index in [2.05, 4.69) is 38.6 Å². The van der Waals surface area contributed by atoms with E-state index in [1.54, 1.807) is 14.2 Å². The Balaban J connectivity index is 1.68. The topological polar surface area (TPSA) is 66.3 Å². The average molecular weight is 443 g/mol. The third-order valence-corrected chi connectivity index (χ3v) is 6.49. The number of ether oxygens (including phenoxy) is 1. The quantitative estimate of drug-likeness (QED) is 0.551. The molecule has 1 unspecified atom stereocenters. The third-order valence-electron chi connectivity index (χ3n) is 5.31. The summed E-state index contributed by atoms with van der Waals surface area (Å²) in [6.07, 6.45) is 2.01. The first-order valence-corrected chi connectivity index (χ1v) is 11.0. The van der Waals surface area contributed by atoms with Crippen LogP contribution in [-0.2, 0) is 6.42 Å². The molecule has 0 aromatic heterocycles. The zero-order chi connectivity index (χ0) is 21.3. The molecule has 2 heterocycles. The lowest BCUT2D eigenvalue weighted by Crippen LogP contribution is -2.36. The van der Waals surface area contributed by atoms with Gasteiger partial charge in [-0.1, -0.05) is 29.4 Å². The molecule has 4 rings (SSSR count). The van der Waals surface area contributed by atoms with Gasteiger partial charge in [0.2, 0.25) is 0 Å². The van der Waals surface area contributed by atoms with Crippen LogP contribution >= 0.6 is 23.4 Å². The molecule has 1 atom stereocenters. The summed E-state index contributed by atoms with van der Waals surface area (Å²) in [5.74, 6) is 1.52. The minimum absolute atomic E-state index is 0.0192. The van der Waals surface area contributed by atoms with Gasteiger partial charge in [-0.3, -0.25) is 9.79 Å². The van der Waals surface area contributed by atoms with Gasteiger partial charge in [-0.15, -0.1) is 0 Å². The molecular weight excluding hydrogens is 420 g/mol. The molecule has 30 heavy (non-hydrogen) atoms. The lowest BCUT2D eigenvalue weighted by Gasteiger charge is -2.33. The summed E-state index contributed by atoms with van der Waals surface area (Å²) in [5.41, 5.74) is 7.84. The maximum atomic E-state index is 11.5. The highest BCUT2D eigenvalue weighted by molar-refractivity contribution is 8.14. The van der Waals surface area contributed by atoms with Crippen molar-refractivity contribution in [1.29, 1.82) is 0 Å². The maximum absolute atomic E-state index is 11.5. The zero-order valence-corrected chi connectivity index (χ0v) is 18.7. The minimum atomic E-state index is -0.114. The van der Waals surface area contributed by atoms with Gasteiger partial charge in [0.15, 0.2) is 0 Å². The lowest BCUT2D eigenvalue weighted by molar-refractivity contribution is 0.261. The van der Waals surface area contributed by atoms with Crippen LogP contribution in [0.5, 0.6) is 5.75 Å². The number of hydrogen-bond acceptors (Lipinski definition) is 5. The number of thioether (sulfide) groups is 1. The van der Waals surface area contributed by atoms with Crippen molar-refractivity contribution in [2.24, 2.45) is 10.1 Å². The number of carbonyl (C=O) groups is 1. The number of aryl methyl sites for hydroxylation is 1. The van der Waals surface area contributed by atoms with E-state index in [-0.39, 0.29) is 10.5 Å². The SMILES string of the molecule is CN=C(c1ccc(OC)c(Cl)c1)N1CCCc2cc(C3=NNC(=O)SC3C)ccc21. The lowest BCUT2D eigenvalue weighted by atomic mass is 9.96. The number of amidine groups is 1. The smallest absolute Gasteiger partial charge is 0.299 e.